The van der Waals surface area contributed by atoms with Gasteiger partial charge in [0.15, 0.2) is 23.8 Å². The number of para-hydroxylation sites is 2. The first-order chi connectivity index (χ1) is 13.5. The van der Waals surface area contributed by atoms with Crippen LogP contribution in [0.2, 0.25) is 0 Å². The van der Waals surface area contributed by atoms with Gasteiger partial charge in [-0.2, -0.15) is 5.10 Å². The van der Waals surface area contributed by atoms with Gasteiger partial charge in [0.2, 0.25) is 0 Å². The molecular formula is C20H25N3O5. The number of fused-ring (bicyclic) bond motifs is 1. The van der Waals surface area contributed by atoms with Gasteiger partial charge in [-0.25, -0.2) is 4.79 Å². The Morgan fingerprint density at radius 2 is 1.82 bits per heavy atom. The summed E-state index contributed by atoms with van der Waals surface area (Å²) in [5, 5.41) is 4.29. The molecule has 1 aromatic carbocycles. The lowest BCUT2D eigenvalue weighted by Gasteiger charge is -2.27. The minimum Gasteiger partial charge on any atom is -0.490 e. The van der Waals surface area contributed by atoms with Gasteiger partial charge in [0.05, 0.1) is 19.8 Å². The zero-order valence-electron chi connectivity index (χ0n) is 16.4. The Morgan fingerprint density at radius 3 is 2.50 bits per heavy atom. The van der Waals surface area contributed by atoms with Crippen LogP contribution in [0.4, 0.5) is 0 Å². The Bertz CT molecular complexity index is 862. The molecule has 1 aliphatic rings. The number of rotatable bonds is 7. The van der Waals surface area contributed by atoms with Crippen LogP contribution >= 0.6 is 0 Å². The van der Waals surface area contributed by atoms with Crippen molar-refractivity contribution in [2.75, 3.05) is 26.4 Å². The highest BCUT2D eigenvalue weighted by Gasteiger charge is 2.30. The fourth-order valence-corrected chi connectivity index (χ4v) is 3.24. The van der Waals surface area contributed by atoms with Gasteiger partial charge >= 0.3 is 5.97 Å². The van der Waals surface area contributed by atoms with Crippen LogP contribution in [-0.2, 0) is 29.5 Å². The van der Waals surface area contributed by atoms with Crippen molar-refractivity contribution < 1.29 is 23.8 Å². The molecule has 1 aliphatic heterocycles. The third-order valence-corrected chi connectivity index (χ3v) is 4.56. The fraction of sp³-hybridized carbons (Fsp3) is 0.450. The number of aromatic nitrogens is 2. The Balaban J connectivity index is 1.68. The Kier molecular flexibility index (Phi) is 6.18. The topological polar surface area (TPSA) is 82.9 Å². The van der Waals surface area contributed by atoms with E-state index in [0.717, 1.165) is 11.3 Å². The molecule has 8 nitrogen and oxygen atoms in total. The SMILES string of the molecule is CCOC(=O)c1nn(C)c2c1CN(C(=O)COc1ccccc1OCC)CC2. The molecule has 0 fully saturated rings. The second-order valence-electron chi connectivity index (χ2n) is 6.35. The van der Waals surface area contributed by atoms with Crippen LogP contribution in [0.15, 0.2) is 24.3 Å². The molecule has 1 aromatic heterocycles. The number of benzene rings is 1. The number of esters is 1. The van der Waals surface area contributed by atoms with Crippen LogP contribution < -0.4 is 9.47 Å². The fourth-order valence-electron chi connectivity index (χ4n) is 3.24. The molecule has 8 heteroatoms. The first-order valence-corrected chi connectivity index (χ1v) is 9.39. The van der Waals surface area contributed by atoms with Crippen molar-refractivity contribution in [2.45, 2.75) is 26.8 Å². The third kappa shape index (κ3) is 4.11. The highest BCUT2D eigenvalue weighted by atomic mass is 16.5. The first kappa shape index (κ1) is 19.7. The summed E-state index contributed by atoms with van der Waals surface area (Å²) in [4.78, 5) is 26.5. The number of hydrogen-bond acceptors (Lipinski definition) is 6. The quantitative estimate of drug-likeness (QED) is 0.676. The number of carbonyl (C=O) groups is 2. The van der Waals surface area contributed by atoms with Crippen molar-refractivity contribution in [1.29, 1.82) is 0 Å². The van der Waals surface area contributed by atoms with Crippen LogP contribution in [0.5, 0.6) is 11.5 Å². The summed E-state index contributed by atoms with van der Waals surface area (Å²) in [6.07, 6.45) is 0.625. The zero-order valence-corrected chi connectivity index (χ0v) is 16.4. The molecule has 0 atom stereocenters. The van der Waals surface area contributed by atoms with E-state index in [2.05, 4.69) is 5.10 Å². The van der Waals surface area contributed by atoms with E-state index in [9.17, 15) is 9.59 Å². The number of nitrogens with zero attached hydrogens (tertiary/aromatic N) is 3. The molecule has 3 rings (SSSR count). The van der Waals surface area contributed by atoms with E-state index >= 15 is 0 Å². The molecule has 2 aromatic rings. The predicted molar refractivity (Wildman–Crippen MR) is 101 cm³/mol. The van der Waals surface area contributed by atoms with Crippen LogP contribution in [0.1, 0.15) is 35.6 Å². The summed E-state index contributed by atoms with van der Waals surface area (Å²) in [7, 11) is 1.80. The van der Waals surface area contributed by atoms with Crippen LogP contribution in [0.25, 0.3) is 0 Å². The smallest absolute Gasteiger partial charge is 0.359 e. The molecule has 150 valence electrons. The highest BCUT2D eigenvalue weighted by molar-refractivity contribution is 5.89. The van der Waals surface area contributed by atoms with E-state index in [0.29, 0.717) is 37.6 Å². The van der Waals surface area contributed by atoms with E-state index in [1.165, 1.54) is 0 Å². The third-order valence-electron chi connectivity index (χ3n) is 4.56. The van der Waals surface area contributed by atoms with Crippen molar-refractivity contribution in [3.63, 3.8) is 0 Å². The molecule has 28 heavy (non-hydrogen) atoms. The monoisotopic (exact) mass is 387 g/mol. The van der Waals surface area contributed by atoms with Crippen LogP contribution in [-0.4, -0.2) is 52.9 Å². The lowest BCUT2D eigenvalue weighted by Crippen LogP contribution is -2.39. The van der Waals surface area contributed by atoms with E-state index in [1.54, 1.807) is 35.7 Å². The second-order valence-corrected chi connectivity index (χ2v) is 6.35. The van der Waals surface area contributed by atoms with E-state index in [4.69, 9.17) is 14.2 Å². The summed E-state index contributed by atoms with van der Waals surface area (Å²) in [6.45, 7) is 5.19. The number of carbonyl (C=O) groups excluding carboxylic acids is 2. The largest absolute Gasteiger partial charge is 0.490 e. The van der Waals surface area contributed by atoms with Crippen LogP contribution in [0.3, 0.4) is 0 Å². The van der Waals surface area contributed by atoms with Crippen LogP contribution in [0, 0.1) is 0 Å². The number of hydrogen-bond donors (Lipinski definition) is 0. The lowest BCUT2D eigenvalue weighted by atomic mass is 10.0. The highest BCUT2D eigenvalue weighted by Crippen LogP contribution is 2.27. The Morgan fingerprint density at radius 1 is 1.11 bits per heavy atom. The lowest BCUT2D eigenvalue weighted by molar-refractivity contribution is -0.134. The molecule has 0 spiro atoms. The molecule has 0 saturated carbocycles. The Labute approximate surface area is 164 Å². The van der Waals surface area contributed by atoms with E-state index < -0.39 is 5.97 Å². The van der Waals surface area contributed by atoms with E-state index in [-0.39, 0.29) is 24.8 Å². The van der Waals surface area contributed by atoms with Crippen molar-refractivity contribution in [3.05, 3.63) is 41.2 Å². The Hall–Kier alpha value is -3.03. The summed E-state index contributed by atoms with van der Waals surface area (Å²) >= 11 is 0. The van der Waals surface area contributed by atoms with Gasteiger partial charge < -0.3 is 19.1 Å². The predicted octanol–water partition coefficient (Wildman–Crippen LogP) is 1.96. The van der Waals surface area contributed by atoms with Crippen molar-refractivity contribution in [3.8, 4) is 11.5 Å². The summed E-state index contributed by atoms with van der Waals surface area (Å²) in [5.74, 6) is 0.519. The van der Waals surface area contributed by atoms with Gasteiger partial charge in [-0.3, -0.25) is 9.48 Å². The summed E-state index contributed by atoms with van der Waals surface area (Å²) < 4.78 is 18.0. The molecule has 2 heterocycles. The molecular weight excluding hydrogens is 362 g/mol. The van der Waals surface area contributed by atoms with Crippen molar-refractivity contribution in [1.82, 2.24) is 14.7 Å². The average Bonchev–Trinajstić information content (AvgIpc) is 3.03. The second kappa shape index (κ2) is 8.77. The average molecular weight is 387 g/mol. The summed E-state index contributed by atoms with van der Waals surface area (Å²) in [6, 6.07) is 7.26. The maximum absolute atomic E-state index is 12.7. The number of aryl methyl sites for hydroxylation is 1. The number of amides is 1. The molecule has 0 radical (unpaired) electrons. The molecule has 0 unspecified atom stereocenters. The standard InChI is InChI=1S/C20H25N3O5/c1-4-26-16-8-6-7-9-17(16)28-13-18(24)23-11-10-15-14(12-23)19(21-22(15)3)20(25)27-5-2/h6-9H,4-5,10-13H2,1-3H3. The zero-order chi connectivity index (χ0) is 20.1. The molecule has 0 saturated heterocycles. The van der Waals surface area contributed by atoms with Gasteiger partial charge in [0.1, 0.15) is 0 Å². The maximum Gasteiger partial charge on any atom is 0.359 e. The normalized spacial score (nSPS) is 13.0. The van der Waals surface area contributed by atoms with Gasteiger partial charge in [-0.15, -0.1) is 0 Å². The molecule has 0 N–H and O–H groups in total. The minimum atomic E-state index is -0.462. The maximum atomic E-state index is 12.7. The number of ether oxygens (including phenoxy) is 3. The van der Waals surface area contributed by atoms with Gasteiger partial charge in [-0.05, 0) is 26.0 Å². The molecule has 0 bridgehead atoms. The van der Waals surface area contributed by atoms with Crippen molar-refractivity contribution in [2.24, 2.45) is 7.05 Å². The van der Waals surface area contributed by atoms with E-state index in [1.807, 2.05) is 19.1 Å². The molecule has 0 aliphatic carbocycles. The van der Waals surface area contributed by atoms with Gasteiger partial charge in [0, 0.05) is 31.3 Å². The van der Waals surface area contributed by atoms with Gasteiger partial charge in [0.25, 0.3) is 5.91 Å². The van der Waals surface area contributed by atoms with Gasteiger partial charge in [-0.1, -0.05) is 12.1 Å². The first-order valence-electron chi connectivity index (χ1n) is 9.39. The summed E-state index contributed by atoms with van der Waals surface area (Å²) in [5.41, 5.74) is 1.98. The van der Waals surface area contributed by atoms with Crippen molar-refractivity contribution >= 4 is 11.9 Å². The molecule has 1 amide bonds. The minimum absolute atomic E-state index is 0.103.